The number of carbonyl (C=O) groups excluding carboxylic acids is 2. The van der Waals surface area contributed by atoms with Crippen LogP contribution >= 0.6 is 0 Å². The first-order chi connectivity index (χ1) is 17.3. The van der Waals surface area contributed by atoms with Gasteiger partial charge in [-0.15, -0.1) is 10.2 Å². The molecule has 11 heteroatoms. The molecule has 1 N–H and O–H groups in total. The van der Waals surface area contributed by atoms with Gasteiger partial charge in [0.25, 0.3) is 0 Å². The quantitative estimate of drug-likeness (QED) is 0.459. The predicted molar refractivity (Wildman–Crippen MR) is 128 cm³/mol. The molecule has 1 aromatic heterocycles. The Balaban J connectivity index is 1.50. The fraction of sp³-hybridized carbons (Fsp3) is 0.400. The van der Waals surface area contributed by atoms with Gasteiger partial charge in [-0.3, -0.25) is 9.59 Å². The summed E-state index contributed by atoms with van der Waals surface area (Å²) in [5.41, 5.74) is 1.36. The molecule has 3 aromatic rings. The maximum Gasteiger partial charge on any atom is 0.247 e. The van der Waals surface area contributed by atoms with Gasteiger partial charge in [-0.25, -0.2) is 4.39 Å². The minimum Gasteiger partial charge on any atom is -0.454 e. The molecule has 2 amide bonds. The Bertz CT molecular complexity index is 1210. The van der Waals surface area contributed by atoms with E-state index in [1.807, 2.05) is 6.07 Å². The van der Waals surface area contributed by atoms with Gasteiger partial charge in [-0.2, -0.15) is 4.80 Å². The molecule has 2 heterocycles. The topological polar surface area (TPSA) is 111 Å². The van der Waals surface area contributed by atoms with Crippen molar-refractivity contribution in [1.82, 2.24) is 30.4 Å². The number of carbonyl (C=O) groups is 2. The van der Waals surface area contributed by atoms with Crippen molar-refractivity contribution < 1.29 is 23.5 Å². The van der Waals surface area contributed by atoms with Crippen LogP contribution < -0.4 is 14.8 Å². The summed E-state index contributed by atoms with van der Waals surface area (Å²) < 4.78 is 24.0. The van der Waals surface area contributed by atoms with Gasteiger partial charge in [0.05, 0.1) is 0 Å². The molecule has 1 aliphatic heterocycles. The van der Waals surface area contributed by atoms with E-state index in [1.54, 1.807) is 19.1 Å². The Morgan fingerprint density at radius 2 is 1.86 bits per heavy atom. The zero-order valence-corrected chi connectivity index (χ0v) is 20.5. The van der Waals surface area contributed by atoms with E-state index in [0.717, 1.165) is 16.8 Å². The standard InChI is InChI=1S/C25H29FN6O4/c1-16(2)10-11-27-25(34)17(3)31(13-18-4-9-21-22(12-18)36-15-35-21)23(33)14-32-29-24(28-30-32)19-5-7-20(26)8-6-19/h4-9,12,16-17H,10-11,13-15H2,1-3H3,(H,27,34)/t17-/m1/s1. The van der Waals surface area contributed by atoms with Crippen molar-refractivity contribution in [3.63, 3.8) is 0 Å². The van der Waals surface area contributed by atoms with Crippen LogP contribution in [0.2, 0.25) is 0 Å². The molecule has 0 bridgehead atoms. The summed E-state index contributed by atoms with van der Waals surface area (Å²) in [4.78, 5) is 28.9. The van der Waals surface area contributed by atoms with Crippen LogP contribution in [0.3, 0.4) is 0 Å². The number of benzene rings is 2. The number of nitrogens with one attached hydrogen (secondary N) is 1. The summed E-state index contributed by atoms with van der Waals surface area (Å²) in [6, 6.07) is 10.3. The fourth-order valence-electron chi connectivity index (χ4n) is 3.69. The second-order valence-corrected chi connectivity index (χ2v) is 9.01. The van der Waals surface area contributed by atoms with Crippen molar-refractivity contribution in [3.05, 3.63) is 53.8 Å². The highest BCUT2D eigenvalue weighted by molar-refractivity contribution is 5.87. The zero-order valence-electron chi connectivity index (χ0n) is 20.5. The number of rotatable bonds is 10. The number of ether oxygens (including phenoxy) is 2. The second-order valence-electron chi connectivity index (χ2n) is 9.01. The summed E-state index contributed by atoms with van der Waals surface area (Å²) in [5, 5.41) is 15.1. The highest BCUT2D eigenvalue weighted by Gasteiger charge is 2.27. The minimum absolute atomic E-state index is 0.143. The molecule has 2 aromatic carbocycles. The van der Waals surface area contributed by atoms with Gasteiger partial charge in [0.15, 0.2) is 11.5 Å². The molecule has 1 atom stereocenters. The molecule has 10 nitrogen and oxygen atoms in total. The Morgan fingerprint density at radius 1 is 1.11 bits per heavy atom. The molecule has 190 valence electrons. The monoisotopic (exact) mass is 496 g/mol. The van der Waals surface area contributed by atoms with E-state index in [-0.39, 0.29) is 43.3 Å². The molecule has 36 heavy (non-hydrogen) atoms. The van der Waals surface area contributed by atoms with Crippen LogP contribution in [-0.4, -0.2) is 56.3 Å². The lowest BCUT2D eigenvalue weighted by molar-refractivity contribution is -0.141. The molecule has 0 aliphatic carbocycles. The number of nitrogens with zero attached hydrogens (tertiary/aromatic N) is 5. The van der Waals surface area contributed by atoms with Crippen molar-refractivity contribution in [2.45, 2.75) is 46.3 Å². The van der Waals surface area contributed by atoms with Gasteiger partial charge in [0.2, 0.25) is 24.4 Å². The minimum atomic E-state index is -0.741. The first kappa shape index (κ1) is 25.1. The number of hydrogen-bond acceptors (Lipinski definition) is 7. The van der Waals surface area contributed by atoms with Crippen molar-refractivity contribution in [1.29, 1.82) is 0 Å². The van der Waals surface area contributed by atoms with Crippen LogP contribution in [0.1, 0.15) is 32.8 Å². The second kappa shape index (κ2) is 11.1. The third kappa shape index (κ3) is 6.15. The molecule has 4 rings (SSSR count). The van der Waals surface area contributed by atoms with E-state index >= 15 is 0 Å². The van der Waals surface area contributed by atoms with Gasteiger partial charge >= 0.3 is 0 Å². The van der Waals surface area contributed by atoms with Crippen molar-refractivity contribution >= 4 is 11.8 Å². The number of tetrazole rings is 1. The van der Waals surface area contributed by atoms with Crippen LogP contribution in [0, 0.1) is 11.7 Å². The predicted octanol–water partition coefficient (Wildman–Crippen LogP) is 2.79. The Morgan fingerprint density at radius 3 is 2.61 bits per heavy atom. The molecule has 0 spiro atoms. The van der Waals surface area contributed by atoms with E-state index in [9.17, 15) is 14.0 Å². The van der Waals surface area contributed by atoms with Crippen LogP contribution in [0.5, 0.6) is 11.5 Å². The molecular formula is C25H29FN6O4. The third-order valence-electron chi connectivity index (χ3n) is 5.81. The van der Waals surface area contributed by atoms with Crippen molar-refractivity contribution in [3.8, 4) is 22.9 Å². The van der Waals surface area contributed by atoms with Crippen LogP contribution in [0.4, 0.5) is 4.39 Å². The fourth-order valence-corrected chi connectivity index (χ4v) is 3.69. The van der Waals surface area contributed by atoms with Crippen molar-refractivity contribution in [2.75, 3.05) is 13.3 Å². The van der Waals surface area contributed by atoms with Crippen LogP contribution in [0.15, 0.2) is 42.5 Å². The lowest BCUT2D eigenvalue weighted by Gasteiger charge is -2.28. The highest BCUT2D eigenvalue weighted by Crippen LogP contribution is 2.33. The SMILES string of the molecule is CC(C)CCNC(=O)[C@@H](C)N(Cc1ccc2c(c1)OCO2)C(=O)Cn1nnc(-c2ccc(F)cc2)n1. The van der Waals surface area contributed by atoms with E-state index in [2.05, 4.69) is 34.6 Å². The Kier molecular flexibility index (Phi) is 7.77. The summed E-state index contributed by atoms with van der Waals surface area (Å²) in [7, 11) is 0. The number of halogens is 1. The van der Waals surface area contributed by atoms with E-state index < -0.39 is 6.04 Å². The average Bonchev–Trinajstić information content (AvgIpc) is 3.51. The third-order valence-corrected chi connectivity index (χ3v) is 5.81. The molecule has 0 saturated carbocycles. The number of fused-ring (bicyclic) bond motifs is 1. The molecule has 0 fully saturated rings. The summed E-state index contributed by atoms with van der Waals surface area (Å²) in [6.45, 7) is 6.47. The van der Waals surface area contributed by atoms with E-state index in [1.165, 1.54) is 29.2 Å². The van der Waals surface area contributed by atoms with Gasteiger partial charge in [0.1, 0.15) is 18.4 Å². The van der Waals surface area contributed by atoms with E-state index in [4.69, 9.17) is 9.47 Å². The lowest BCUT2D eigenvalue weighted by Crippen LogP contribution is -2.49. The summed E-state index contributed by atoms with van der Waals surface area (Å²) >= 11 is 0. The zero-order chi connectivity index (χ0) is 25.7. The molecule has 0 radical (unpaired) electrons. The maximum atomic E-state index is 13.4. The normalized spacial score (nSPS) is 13.0. The maximum absolute atomic E-state index is 13.4. The van der Waals surface area contributed by atoms with Gasteiger partial charge < -0.3 is 19.7 Å². The average molecular weight is 497 g/mol. The smallest absolute Gasteiger partial charge is 0.247 e. The van der Waals surface area contributed by atoms with Gasteiger partial charge in [-0.1, -0.05) is 19.9 Å². The first-order valence-corrected chi connectivity index (χ1v) is 11.8. The van der Waals surface area contributed by atoms with Gasteiger partial charge in [-0.05, 0) is 66.4 Å². The highest BCUT2D eigenvalue weighted by atomic mass is 19.1. The first-order valence-electron chi connectivity index (χ1n) is 11.8. The number of amides is 2. The van der Waals surface area contributed by atoms with Crippen molar-refractivity contribution in [2.24, 2.45) is 5.92 Å². The number of hydrogen-bond donors (Lipinski definition) is 1. The van der Waals surface area contributed by atoms with Crippen LogP contribution in [-0.2, 0) is 22.7 Å². The Hall–Kier alpha value is -4.02. The van der Waals surface area contributed by atoms with Crippen LogP contribution in [0.25, 0.3) is 11.4 Å². The summed E-state index contributed by atoms with van der Waals surface area (Å²) in [6.07, 6.45) is 0.837. The molecule has 0 saturated heterocycles. The number of aromatic nitrogens is 4. The molecule has 1 aliphatic rings. The molecule has 0 unspecified atom stereocenters. The molecular weight excluding hydrogens is 467 g/mol. The summed E-state index contributed by atoms with van der Waals surface area (Å²) in [5.74, 6) is 0.962. The van der Waals surface area contributed by atoms with Gasteiger partial charge in [0, 0.05) is 18.7 Å². The largest absolute Gasteiger partial charge is 0.454 e. The van der Waals surface area contributed by atoms with E-state index in [0.29, 0.717) is 29.5 Å². The lowest BCUT2D eigenvalue weighted by atomic mass is 10.1. The Labute approximate surface area is 208 Å².